The van der Waals surface area contributed by atoms with Crippen LogP contribution in [0.3, 0.4) is 0 Å². The molecule has 0 radical (unpaired) electrons. The van der Waals surface area contributed by atoms with Gasteiger partial charge in [0.25, 0.3) is 0 Å². The summed E-state index contributed by atoms with van der Waals surface area (Å²) in [5.41, 5.74) is 3.35. The van der Waals surface area contributed by atoms with Crippen molar-refractivity contribution in [3.05, 3.63) is 58.7 Å². The van der Waals surface area contributed by atoms with Gasteiger partial charge in [-0.15, -0.1) is 0 Å². The Balaban J connectivity index is 1.59. The second-order valence-electron chi connectivity index (χ2n) is 11.2. The first-order valence-electron chi connectivity index (χ1n) is 13.8. The van der Waals surface area contributed by atoms with Gasteiger partial charge in [0.15, 0.2) is 0 Å². The molecule has 5 aromatic carbocycles. The van der Waals surface area contributed by atoms with E-state index in [-0.39, 0.29) is 0 Å². The van der Waals surface area contributed by atoms with Gasteiger partial charge in [0.05, 0.1) is 22.3 Å². The molecule has 8 nitrogen and oxygen atoms in total. The van der Waals surface area contributed by atoms with Crippen LogP contribution in [-0.2, 0) is 9.47 Å². The maximum Gasteiger partial charge on any atom is 0.346 e. The number of anilines is 2. The molecule has 4 aliphatic rings. The number of cyclic esters (lactones) is 4. The number of hydrogen-bond acceptors (Lipinski definition) is 8. The topological polar surface area (TPSA) is 93.2 Å². The molecule has 0 atom stereocenters. The number of esters is 4. The lowest BCUT2D eigenvalue weighted by molar-refractivity contribution is 0.0373. The molecule has 4 aliphatic heterocycles. The lowest BCUT2D eigenvalue weighted by atomic mass is 9.82. The van der Waals surface area contributed by atoms with E-state index in [0.717, 1.165) is 95.6 Å². The number of carbonyl (C=O) groups is 4. The minimum atomic E-state index is -0.645. The summed E-state index contributed by atoms with van der Waals surface area (Å²) in [4.78, 5) is 56.7. The van der Waals surface area contributed by atoms with Gasteiger partial charge in [-0.3, -0.25) is 0 Å². The maximum atomic E-state index is 13.1. The average Bonchev–Trinajstić information content (AvgIpc) is 3.68. The van der Waals surface area contributed by atoms with E-state index in [2.05, 4.69) is 9.80 Å². The molecule has 40 heavy (non-hydrogen) atoms. The largest absolute Gasteiger partial charge is 0.386 e. The molecular formula is C32H22N2O6. The van der Waals surface area contributed by atoms with Crippen LogP contribution in [0.5, 0.6) is 0 Å². The van der Waals surface area contributed by atoms with Gasteiger partial charge in [-0.2, -0.15) is 0 Å². The number of ether oxygens (including phenoxy) is 2. The van der Waals surface area contributed by atoms with Crippen LogP contribution < -0.4 is 9.80 Å². The molecule has 0 N–H and O–H groups in total. The summed E-state index contributed by atoms with van der Waals surface area (Å²) in [6.45, 7) is 3.38. The second-order valence-corrected chi connectivity index (χ2v) is 11.2. The number of hydrogen-bond donors (Lipinski definition) is 0. The van der Waals surface area contributed by atoms with Gasteiger partial charge in [-0.25, -0.2) is 19.2 Å². The quantitative estimate of drug-likeness (QED) is 0.127. The lowest BCUT2D eigenvalue weighted by Crippen LogP contribution is -2.24. The Morgan fingerprint density at radius 2 is 0.825 bits per heavy atom. The van der Waals surface area contributed by atoms with Gasteiger partial charge in [-0.05, 0) is 60.7 Å². The van der Waals surface area contributed by atoms with Crippen LogP contribution in [0, 0.1) is 0 Å². The molecule has 2 saturated heterocycles. The van der Waals surface area contributed by atoms with Crippen molar-refractivity contribution >= 4 is 78.3 Å². The first kappa shape index (κ1) is 22.1. The molecule has 0 aromatic heterocycles. The summed E-state index contributed by atoms with van der Waals surface area (Å²) in [6.07, 6.45) is 4.16. The van der Waals surface area contributed by atoms with Gasteiger partial charge in [-0.1, -0.05) is 12.1 Å². The van der Waals surface area contributed by atoms with Gasteiger partial charge in [0.1, 0.15) is 0 Å². The van der Waals surface area contributed by atoms with Crippen LogP contribution >= 0.6 is 0 Å². The molecule has 0 saturated carbocycles. The molecule has 8 heteroatoms. The molecule has 0 amide bonds. The van der Waals surface area contributed by atoms with Crippen molar-refractivity contribution in [2.45, 2.75) is 25.7 Å². The van der Waals surface area contributed by atoms with E-state index in [4.69, 9.17) is 9.47 Å². The second kappa shape index (κ2) is 7.47. The molecule has 2 fully saturated rings. The van der Waals surface area contributed by atoms with Crippen LogP contribution in [0.25, 0.3) is 43.1 Å². The Morgan fingerprint density at radius 1 is 0.450 bits per heavy atom. The third-order valence-corrected chi connectivity index (χ3v) is 9.21. The van der Waals surface area contributed by atoms with Crippen molar-refractivity contribution in [2.24, 2.45) is 0 Å². The van der Waals surface area contributed by atoms with Gasteiger partial charge >= 0.3 is 23.9 Å². The smallest absolute Gasteiger partial charge is 0.346 e. The molecule has 196 valence electrons. The molecular weight excluding hydrogens is 508 g/mol. The molecule has 0 unspecified atom stereocenters. The Hall–Kier alpha value is -4.72. The highest BCUT2D eigenvalue weighted by atomic mass is 16.6. The standard InChI is InChI=1S/C32H22N2O6/c35-29-17-8-6-16-26-22(34-11-3-4-12-34)14-20-24-18(30(36)40-32(20)38)7-5-15(28(24)26)25-21(33-9-1-2-10-33)13-19(31(37)39-29)23(17)27(16)25/h5-8,13-14H,1-4,9-12H2. The van der Waals surface area contributed by atoms with Crippen LogP contribution in [0.2, 0.25) is 0 Å². The molecule has 4 heterocycles. The first-order chi connectivity index (χ1) is 19.5. The first-order valence-corrected chi connectivity index (χ1v) is 13.8. The number of benzene rings is 5. The fourth-order valence-electron chi connectivity index (χ4n) is 7.53. The number of fused-ring (bicyclic) bond motifs is 2. The Bertz CT molecular complexity index is 1900. The summed E-state index contributed by atoms with van der Waals surface area (Å²) in [7, 11) is 0. The summed E-state index contributed by atoms with van der Waals surface area (Å²) in [5, 5.41) is 6.55. The third-order valence-electron chi connectivity index (χ3n) is 9.21. The van der Waals surface area contributed by atoms with E-state index in [1.165, 1.54) is 0 Å². The minimum Gasteiger partial charge on any atom is -0.386 e. The average molecular weight is 531 g/mol. The van der Waals surface area contributed by atoms with Crippen molar-refractivity contribution in [3.8, 4) is 0 Å². The van der Waals surface area contributed by atoms with E-state index in [1.807, 2.05) is 24.3 Å². The summed E-state index contributed by atoms with van der Waals surface area (Å²) < 4.78 is 10.3. The summed E-state index contributed by atoms with van der Waals surface area (Å²) >= 11 is 0. The molecule has 0 aliphatic carbocycles. The van der Waals surface area contributed by atoms with E-state index >= 15 is 0 Å². The van der Waals surface area contributed by atoms with Crippen molar-refractivity contribution in [1.29, 1.82) is 0 Å². The van der Waals surface area contributed by atoms with Crippen LogP contribution in [0.15, 0.2) is 36.4 Å². The zero-order valence-corrected chi connectivity index (χ0v) is 21.5. The monoisotopic (exact) mass is 530 g/mol. The zero-order chi connectivity index (χ0) is 26.9. The van der Waals surface area contributed by atoms with E-state index in [0.29, 0.717) is 33.0 Å². The normalized spacial score (nSPS) is 18.7. The Kier molecular flexibility index (Phi) is 4.13. The van der Waals surface area contributed by atoms with Gasteiger partial charge < -0.3 is 19.3 Å². The molecule has 5 aromatic rings. The van der Waals surface area contributed by atoms with Crippen molar-refractivity contribution in [1.82, 2.24) is 0 Å². The van der Waals surface area contributed by atoms with Crippen LogP contribution in [0.4, 0.5) is 11.4 Å². The predicted molar refractivity (Wildman–Crippen MR) is 150 cm³/mol. The van der Waals surface area contributed by atoms with Gasteiger partial charge in [0.2, 0.25) is 0 Å². The number of carbonyl (C=O) groups excluding carboxylic acids is 4. The summed E-state index contributed by atoms with van der Waals surface area (Å²) in [6, 6.07) is 11.1. The number of nitrogens with zero attached hydrogens (tertiary/aromatic N) is 2. The minimum absolute atomic E-state index is 0.373. The zero-order valence-electron chi connectivity index (χ0n) is 21.5. The fourth-order valence-corrected chi connectivity index (χ4v) is 7.53. The van der Waals surface area contributed by atoms with E-state index in [1.54, 1.807) is 12.1 Å². The highest BCUT2D eigenvalue weighted by molar-refractivity contribution is 6.43. The Labute approximate surface area is 227 Å². The van der Waals surface area contributed by atoms with Gasteiger partial charge in [0, 0.05) is 69.9 Å². The fraction of sp³-hybridized carbons (Fsp3) is 0.250. The lowest BCUT2D eigenvalue weighted by Gasteiger charge is -2.30. The number of rotatable bonds is 2. The SMILES string of the molecule is O=C1OC(=O)c2cc(N3CCCC3)c3c4ccc5c6c(cc(N7CCCC7)c(c7ccc1c2c73)c64)C(=O)OC5=O. The third kappa shape index (κ3) is 2.61. The van der Waals surface area contributed by atoms with Crippen LogP contribution in [0.1, 0.15) is 67.1 Å². The Morgan fingerprint density at radius 3 is 1.23 bits per heavy atom. The highest BCUT2D eigenvalue weighted by Gasteiger charge is 2.36. The van der Waals surface area contributed by atoms with Crippen molar-refractivity contribution in [2.75, 3.05) is 36.0 Å². The summed E-state index contributed by atoms with van der Waals surface area (Å²) in [5.74, 6) is -2.56. The highest BCUT2D eigenvalue weighted by Crippen LogP contribution is 2.52. The molecule has 0 bridgehead atoms. The van der Waals surface area contributed by atoms with E-state index in [9.17, 15) is 19.2 Å². The van der Waals surface area contributed by atoms with Crippen LogP contribution in [-0.4, -0.2) is 50.1 Å². The molecule has 9 rings (SSSR count). The van der Waals surface area contributed by atoms with Crippen molar-refractivity contribution < 1.29 is 28.7 Å². The maximum absolute atomic E-state index is 13.1. The predicted octanol–water partition coefficient (Wildman–Crippen LogP) is 5.56. The van der Waals surface area contributed by atoms with E-state index < -0.39 is 23.9 Å². The molecule has 0 spiro atoms. The van der Waals surface area contributed by atoms with Crippen molar-refractivity contribution in [3.63, 3.8) is 0 Å².